The Bertz CT molecular complexity index is 1440. The van der Waals surface area contributed by atoms with Crippen LogP contribution in [0, 0.1) is 0 Å². The van der Waals surface area contributed by atoms with E-state index in [1.807, 2.05) is 46.2 Å². The third-order valence-electron chi connectivity index (χ3n) is 10.6. The van der Waals surface area contributed by atoms with E-state index in [1.54, 1.807) is 5.56 Å². The van der Waals surface area contributed by atoms with Crippen molar-refractivity contribution in [3.05, 3.63) is 101 Å². The molecule has 42 heavy (non-hydrogen) atoms. The Hall–Kier alpha value is -3.64. The molecule has 7 rings (SSSR count). The number of fused-ring (bicyclic) bond motifs is 4. The van der Waals surface area contributed by atoms with Crippen LogP contribution >= 0.6 is 0 Å². The van der Waals surface area contributed by atoms with Crippen LogP contribution in [0.5, 0.6) is 0 Å². The molecule has 0 unspecified atom stereocenters. The average Bonchev–Trinajstić information content (AvgIpc) is 3.56. The lowest BCUT2D eigenvalue weighted by Gasteiger charge is -2.40. The number of amides is 2. The first-order valence-corrected chi connectivity index (χ1v) is 15.7. The molecule has 1 aliphatic carbocycles. The van der Waals surface area contributed by atoms with Crippen LogP contribution in [0.15, 0.2) is 78.9 Å². The number of carbonyl (C=O) groups excluding carboxylic acids is 2. The van der Waals surface area contributed by atoms with Gasteiger partial charge in [0.25, 0.3) is 0 Å². The molecule has 0 N–H and O–H groups in total. The minimum Gasteiger partial charge on any atom is -0.445 e. The van der Waals surface area contributed by atoms with Crippen molar-refractivity contribution in [3.8, 4) is 0 Å². The molecule has 0 radical (unpaired) electrons. The number of benzene rings is 3. The lowest BCUT2D eigenvalue weighted by atomic mass is 9.74. The van der Waals surface area contributed by atoms with Crippen molar-refractivity contribution >= 4 is 17.7 Å². The highest BCUT2D eigenvalue weighted by atomic mass is 16.6. The van der Waals surface area contributed by atoms with Crippen LogP contribution in [-0.4, -0.2) is 61.1 Å². The highest BCUT2D eigenvalue weighted by Crippen LogP contribution is 2.48. The zero-order chi connectivity index (χ0) is 28.6. The molecule has 3 heterocycles. The standard InChI is InChI=1S/C36H41N3O3/c40-33(15-21-37-22-17-35(18-23-37)16-14-29-10-4-5-11-30(29)35)39-27-36(31-12-6-7-13-32(31)39)19-24-38(25-20-36)34(41)42-26-28-8-2-1-3-9-28/h1-13H,14-27H2. The topological polar surface area (TPSA) is 53.1 Å². The molecule has 2 amide bonds. The van der Waals surface area contributed by atoms with Gasteiger partial charge in [0.05, 0.1) is 0 Å². The number of aryl methyl sites for hydroxylation is 1. The van der Waals surface area contributed by atoms with E-state index in [0.29, 0.717) is 31.5 Å². The van der Waals surface area contributed by atoms with Gasteiger partial charge in [0.15, 0.2) is 0 Å². The SMILES string of the molecule is O=C(OCc1ccccc1)N1CCC2(CC1)CN(C(=O)CCN1CCC3(CCc4ccccc43)CC1)c1ccccc12. The van der Waals surface area contributed by atoms with Gasteiger partial charge < -0.3 is 19.4 Å². The van der Waals surface area contributed by atoms with Crippen molar-refractivity contribution in [2.75, 3.05) is 44.2 Å². The second-order valence-electron chi connectivity index (χ2n) is 12.8. The summed E-state index contributed by atoms with van der Waals surface area (Å²) in [5.74, 6) is 0.218. The fraction of sp³-hybridized carbons (Fsp3) is 0.444. The van der Waals surface area contributed by atoms with E-state index in [-0.39, 0.29) is 24.0 Å². The van der Waals surface area contributed by atoms with Gasteiger partial charge in [0.2, 0.25) is 5.91 Å². The summed E-state index contributed by atoms with van der Waals surface area (Å²) in [6, 6.07) is 27.2. The van der Waals surface area contributed by atoms with E-state index in [9.17, 15) is 9.59 Å². The van der Waals surface area contributed by atoms with Crippen LogP contribution in [-0.2, 0) is 33.4 Å². The lowest BCUT2D eigenvalue weighted by Crippen LogP contribution is -2.48. The number of hydrogen-bond acceptors (Lipinski definition) is 4. The number of carbonyl (C=O) groups is 2. The summed E-state index contributed by atoms with van der Waals surface area (Å²) in [5.41, 5.74) is 6.67. The van der Waals surface area contributed by atoms with Gasteiger partial charge in [-0.25, -0.2) is 4.79 Å². The molecular formula is C36H41N3O3. The first kappa shape index (κ1) is 27.2. The zero-order valence-corrected chi connectivity index (χ0v) is 24.5. The fourth-order valence-electron chi connectivity index (χ4n) is 8.09. The predicted octanol–water partition coefficient (Wildman–Crippen LogP) is 6.07. The van der Waals surface area contributed by atoms with E-state index in [2.05, 4.69) is 47.4 Å². The van der Waals surface area contributed by atoms with Gasteiger partial charge in [-0.3, -0.25) is 4.79 Å². The molecule has 0 saturated carbocycles. The highest BCUT2D eigenvalue weighted by Gasteiger charge is 2.47. The second kappa shape index (κ2) is 11.2. The summed E-state index contributed by atoms with van der Waals surface area (Å²) in [7, 11) is 0. The maximum atomic E-state index is 13.7. The van der Waals surface area contributed by atoms with Gasteiger partial charge in [-0.15, -0.1) is 0 Å². The van der Waals surface area contributed by atoms with Crippen LogP contribution in [0.3, 0.4) is 0 Å². The van der Waals surface area contributed by atoms with Crippen LogP contribution in [0.1, 0.15) is 60.8 Å². The Morgan fingerprint density at radius 1 is 0.714 bits per heavy atom. The Morgan fingerprint density at radius 3 is 2.17 bits per heavy atom. The summed E-state index contributed by atoms with van der Waals surface area (Å²) in [5, 5.41) is 0. The van der Waals surface area contributed by atoms with Crippen molar-refractivity contribution in [1.82, 2.24) is 9.80 Å². The Kier molecular flexibility index (Phi) is 7.27. The predicted molar refractivity (Wildman–Crippen MR) is 165 cm³/mol. The summed E-state index contributed by atoms with van der Waals surface area (Å²) in [6.07, 6.45) is 6.83. The van der Waals surface area contributed by atoms with E-state index >= 15 is 0 Å². The number of nitrogens with zero attached hydrogens (tertiary/aromatic N) is 3. The molecule has 0 atom stereocenters. The van der Waals surface area contributed by atoms with E-state index in [1.165, 1.54) is 36.8 Å². The van der Waals surface area contributed by atoms with Gasteiger partial charge >= 0.3 is 6.09 Å². The first-order valence-electron chi connectivity index (χ1n) is 15.7. The third-order valence-corrected chi connectivity index (χ3v) is 10.6. The summed E-state index contributed by atoms with van der Waals surface area (Å²) in [4.78, 5) is 32.9. The fourth-order valence-corrected chi connectivity index (χ4v) is 8.09. The van der Waals surface area contributed by atoms with E-state index in [4.69, 9.17) is 4.74 Å². The normalized spacial score (nSPS) is 20.5. The number of anilines is 1. The molecule has 2 saturated heterocycles. The summed E-state index contributed by atoms with van der Waals surface area (Å²) < 4.78 is 5.60. The molecule has 3 aromatic rings. The van der Waals surface area contributed by atoms with Crippen molar-refractivity contribution in [2.45, 2.75) is 62.4 Å². The molecule has 2 spiro atoms. The number of rotatable bonds is 5. The number of para-hydroxylation sites is 1. The van der Waals surface area contributed by atoms with Gasteiger partial charge in [-0.05, 0) is 85.3 Å². The minimum atomic E-state index is -0.252. The van der Waals surface area contributed by atoms with E-state index < -0.39 is 0 Å². The molecule has 0 bridgehead atoms. The van der Waals surface area contributed by atoms with Crippen LogP contribution in [0.25, 0.3) is 0 Å². The maximum absolute atomic E-state index is 13.7. The molecule has 218 valence electrons. The second-order valence-corrected chi connectivity index (χ2v) is 12.8. The van der Waals surface area contributed by atoms with Gasteiger partial charge in [0.1, 0.15) is 6.61 Å². The van der Waals surface area contributed by atoms with Gasteiger partial charge in [0, 0.05) is 43.7 Å². The van der Waals surface area contributed by atoms with Crippen molar-refractivity contribution < 1.29 is 14.3 Å². The van der Waals surface area contributed by atoms with Crippen molar-refractivity contribution in [1.29, 1.82) is 0 Å². The quantitative estimate of drug-likeness (QED) is 0.378. The summed E-state index contributed by atoms with van der Waals surface area (Å²) >= 11 is 0. The molecule has 3 aliphatic heterocycles. The smallest absolute Gasteiger partial charge is 0.410 e. The number of hydrogen-bond donors (Lipinski definition) is 0. The van der Waals surface area contributed by atoms with Gasteiger partial charge in [-0.2, -0.15) is 0 Å². The van der Waals surface area contributed by atoms with Gasteiger partial charge in [-0.1, -0.05) is 72.8 Å². The number of likely N-dealkylation sites (tertiary alicyclic amines) is 2. The third kappa shape index (κ3) is 5.00. The molecule has 2 fully saturated rings. The van der Waals surface area contributed by atoms with Crippen LogP contribution in [0.4, 0.5) is 10.5 Å². The molecule has 6 heteroatoms. The highest BCUT2D eigenvalue weighted by molar-refractivity contribution is 5.96. The Balaban J connectivity index is 0.943. The van der Waals surface area contributed by atoms with Crippen molar-refractivity contribution in [3.63, 3.8) is 0 Å². The first-order chi connectivity index (χ1) is 20.6. The monoisotopic (exact) mass is 563 g/mol. The average molecular weight is 564 g/mol. The summed E-state index contributed by atoms with van der Waals surface area (Å²) in [6.45, 7) is 5.24. The molecule has 0 aromatic heterocycles. The number of piperidine rings is 2. The van der Waals surface area contributed by atoms with Crippen molar-refractivity contribution in [2.24, 2.45) is 0 Å². The zero-order valence-electron chi connectivity index (χ0n) is 24.5. The molecular weight excluding hydrogens is 522 g/mol. The largest absolute Gasteiger partial charge is 0.445 e. The Labute approximate surface area is 249 Å². The van der Waals surface area contributed by atoms with E-state index in [0.717, 1.165) is 43.7 Å². The van der Waals surface area contributed by atoms with Crippen LogP contribution in [0.2, 0.25) is 0 Å². The van der Waals surface area contributed by atoms with Crippen LogP contribution < -0.4 is 4.90 Å². The molecule has 4 aliphatic rings. The maximum Gasteiger partial charge on any atom is 0.410 e. The molecule has 6 nitrogen and oxygen atoms in total. The number of ether oxygens (including phenoxy) is 1. The molecule has 3 aromatic carbocycles. The Morgan fingerprint density at radius 2 is 1.38 bits per heavy atom. The lowest BCUT2D eigenvalue weighted by molar-refractivity contribution is -0.119. The minimum absolute atomic E-state index is 0.101.